The van der Waals surface area contributed by atoms with Gasteiger partial charge in [0.25, 0.3) is 15.9 Å². The van der Waals surface area contributed by atoms with E-state index in [-0.39, 0.29) is 11.0 Å². The van der Waals surface area contributed by atoms with Gasteiger partial charge in [-0.2, -0.15) is 0 Å². The number of nitrogens with zero attached hydrogens (tertiary/aromatic N) is 1. The van der Waals surface area contributed by atoms with Crippen LogP contribution in [0.15, 0.2) is 77.8 Å². The molecule has 0 fully saturated rings. The molecule has 204 valence electrons. The number of hydrogen-bond donors (Lipinski definition) is 3. The Morgan fingerprint density at radius 2 is 1.74 bits per heavy atom. The molecular formula is C29H32N4O5S. The summed E-state index contributed by atoms with van der Waals surface area (Å²) in [5.74, 6) is 0.599. The molecule has 0 aliphatic carbocycles. The predicted octanol–water partition coefficient (Wildman–Crippen LogP) is 4.97. The number of nitrogens with one attached hydrogen (secondary N) is 2. The van der Waals surface area contributed by atoms with Gasteiger partial charge in [0.2, 0.25) is 0 Å². The summed E-state index contributed by atoms with van der Waals surface area (Å²) in [5.41, 5.74) is 7.96. The van der Waals surface area contributed by atoms with Crippen LogP contribution in [0.2, 0.25) is 0 Å². The Bertz CT molecular complexity index is 1590. The monoisotopic (exact) mass is 548 g/mol. The van der Waals surface area contributed by atoms with E-state index in [0.717, 1.165) is 16.3 Å². The van der Waals surface area contributed by atoms with Crippen molar-refractivity contribution in [3.63, 3.8) is 0 Å². The van der Waals surface area contributed by atoms with Crippen LogP contribution < -0.4 is 25.2 Å². The fourth-order valence-corrected chi connectivity index (χ4v) is 5.04. The molecule has 1 atom stereocenters. The summed E-state index contributed by atoms with van der Waals surface area (Å²) < 4.78 is 40.0. The van der Waals surface area contributed by atoms with Crippen LogP contribution in [0.1, 0.15) is 37.9 Å². The van der Waals surface area contributed by atoms with Crippen LogP contribution in [0.25, 0.3) is 10.8 Å². The number of rotatable bonds is 10. The zero-order valence-electron chi connectivity index (χ0n) is 22.3. The lowest BCUT2D eigenvalue weighted by atomic mass is 10.0. The first-order chi connectivity index (χ1) is 18.6. The third-order valence-electron chi connectivity index (χ3n) is 5.90. The van der Waals surface area contributed by atoms with Gasteiger partial charge in [0.1, 0.15) is 11.9 Å². The number of amides is 1. The maximum atomic E-state index is 13.6. The predicted molar refractivity (Wildman–Crippen MR) is 152 cm³/mol. The van der Waals surface area contributed by atoms with Gasteiger partial charge < -0.3 is 20.5 Å². The Labute approximate surface area is 228 Å². The molecule has 0 saturated heterocycles. The molecule has 39 heavy (non-hydrogen) atoms. The van der Waals surface area contributed by atoms with Crippen molar-refractivity contribution in [2.75, 3.05) is 17.7 Å². The largest absolute Gasteiger partial charge is 0.490 e. The van der Waals surface area contributed by atoms with Crippen molar-refractivity contribution in [1.82, 2.24) is 9.71 Å². The highest BCUT2D eigenvalue weighted by Gasteiger charge is 2.27. The van der Waals surface area contributed by atoms with E-state index >= 15 is 0 Å². The van der Waals surface area contributed by atoms with Crippen molar-refractivity contribution in [2.45, 2.75) is 44.7 Å². The highest BCUT2D eigenvalue weighted by Crippen LogP contribution is 2.33. The van der Waals surface area contributed by atoms with E-state index in [2.05, 4.69) is 15.0 Å². The van der Waals surface area contributed by atoms with Crippen molar-refractivity contribution in [3.8, 4) is 11.5 Å². The third kappa shape index (κ3) is 6.58. The quantitative estimate of drug-likeness (QED) is 0.253. The number of carbonyl (C=O) groups is 1. The van der Waals surface area contributed by atoms with Gasteiger partial charge in [-0.15, -0.1) is 0 Å². The molecule has 4 aromatic rings. The fourth-order valence-electron chi connectivity index (χ4n) is 4.05. The van der Waals surface area contributed by atoms with E-state index in [1.54, 1.807) is 54.7 Å². The van der Waals surface area contributed by atoms with Crippen LogP contribution in [0.5, 0.6) is 11.5 Å². The fraction of sp³-hybridized carbons (Fsp3) is 0.241. The molecule has 1 amide bonds. The number of anilines is 2. The number of nitrogen functional groups attached to an aromatic ring is 1. The molecule has 0 radical (unpaired) electrons. The summed E-state index contributed by atoms with van der Waals surface area (Å²) >= 11 is 0. The van der Waals surface area contributed by atoms with E-state index in [4.69, 9.17) is 15.2 Å². The summed E-state index contributed by atoms with van der Waals surface area (Å²) in [6, 6.07) is 17.5. The maximum Gasteiger partial charge on any atom is 0.264 e. The van der Waals surface area contributed by atoms with Crippen LogP contribution in [0.4, 0.5) is 11.5 Å². The Morgan fingerprint density at radius 1 is 1.00 bits per heavy atom. The van der Waals surface area contributed by atoms with Gasteiger partial charge in [-0.3, -0.25) is 4.79 Å². The molecule has 0 aliphatic heterocycles. The maximum absolute atomic E-state index is 13.6. The number of sulfonamides is 1. The van der Waals surface area contributed by atoms with Crippen LogP contribution >= 0.6 is 0 Å². The average molecular weight is 549 g/mol. The van der Waals surface area contributed by atoms with E-state index in [1.165, 1.54) is 12.1 Å². The summed E-state index contributed by atoms with van der Waals surface area (Å²) in [5, 5.41) is 4.76. The van der Waals surface area contributed by atoms with Crippen LogP contribution in [-0.4, -0.2) is 32.0 Å². The highest BCUT2D eigenvalue weighted by atomic mass is 32.2. The minimum Gasteiger partial charge on any atom is -0.490 e. The summed E-state index contributed by atoms with van der Waals surface area (Å²) in [7, 11) is -4.13. The minimum atomic E-state index is -4.13. The lowest BCUT2D eigenvalue weighted by Crippen LogP contribution is -2.37. The van der Waals surface area contributed by atoms with Gasteiger partial charge >= 0.3 is 0 Å². The lowest BCUT2D eigenvalue weighted by molar-refractivity contribution is -0.120. The topological polar surface area (TPSA) is 133 Å². The number of nitrogens with two attached hydrogens (primary N) is 1. The second-order valence-electron chi connectivity index (χ2n) is 9.30. The van der Waals surface area contributed by atoms with E-state index in [9.17, 15) is 13.2 Å². The molecule has 9 nitrogen and oxygen atoms in total. The molecular weight excluding hydrogens is 516 g/mol. The second kappa shape index (κ2) is 11.6. The molecule has 1 aromatic heterocycles. The van der Waals surface area contributed by atoms with Gasteiger partial charge in [-0.1, -0.05) is 23.8 Å². The number of benzene rings is 3. The number of carbonyl (C=O) groups excluding carboxylic acids is 1. The molecule has 4 rings (SSSR count). The van der Waals surface area contributed by atoms with E-state index in [0.29, 0.717) is 35.2 Å². The van der Waals surface area contributed by atoms with Gasteiger partial charge in [0.05, 0.1) is 17.6 Å². The van der Waals surface area contributed by atoms with Gasteiger partial charge in [0, 0.05) is 17.3 Å². The Morgan fingerprint density at radius 3 is 2.44 bits per heavy atom. The molecule has 0 saturated carbocycles. The number of fused-ring (bicyclic) bond motifs is 1. The molecule has 1 unspecified atom stereocenters. The number of pyridine rings is 1. The van der Waals surface area contributed by atoms with Crippen molar-refractivity contribution < 1.29 is 22.7 Å². The zero-order valence-corrected chi connectivity index (χ0v) is 23.1. The SMILES string of the molecule is CCOc1cc(C(Nc2ccc3c(N)nccc3c2)C(=O)NS(=O)(=O)c2ccc(C)cc2)ccc1OC(C)C. The first kappa shape index (κ1) is 27.7. The van der Waals surface area contributed by atoms with Crippen LogP contribution in [-0.2, 0) is 14.8 Å². The van der Waals surface area contributed by atoms with E-state index in [1.807, 2.05) is 33.8 Å². The smallest absolute Gasteiger partial charge is 0.264 e. The van der Waals surface area contributed by atoms with Crippen LogP contribution in [0, 0.1) is 6.92 Å². The molecule has 10 heteroatoms. The molecule has 1 heterocycles. The number of ether oxygens (including phenoxy) is 2. The summed E-state index contributed by atoms with van der Waals surface area (Å²) in [6.45, 7) is 7.88. The normalized spacial score (nSPS) is 12.2. The van der Waals surface area contributed by atoms with Crippen molar-refractivity contribution in [2.24, 2.45) is 0 Å². The molecule has 0 aliphatic rings. The molecule has 0 bridgehead atoms. The summed E-state index contributed by atoms with van der Waals surface area (Å²) in [4.78, 5) is 17.7. The second-order valence-corrected chi connectivity index (χ2v) is 11.0. The van der Waals surface area contributed by atoms with Gasteiger partial charge in [-0.25, -0.2) is 18.1 Å². The van der Waals surface area contributed by atoms with Crippen molar-refractivity contribution in [3.05, 3.63) is 84.1 Å². The molecule has 4 N–H and O–H groups in total. The van der Waals surface area contributed by atoms with Crippen LogP contribution in [0.3, 0.4) is 0 Å². The number of aromatic nitrogens is 1. The third-order valence-corrected chi connectivity index (χ3v) is 7.26. The average Bonchev–Trinajstić information content (AvgIpc) is 2.88. The Kier molecular flexibility index (Phi) is 8.25. The standard InChI is InChI=1S/C29H32N4O5S/c1-5-37-26-17-21(8-13-25(26)38-18(2)3)27(29(34)33-39(35,36)23-10-6-19(4)7-11-23)32-22-9-12-24-20(16-22)14-15-31-28(24)30/h6-18,27,32H,5H2,1-4H3,(H2,30,31)(H,33,34). The zero-order chi connectivity index (χ0) is 28.2. The van der Waals surface area contributed by atoms with E-state index < -0.39 is 22.0 Å². The first-order valence-corrected chi connectivity index (χ1v) is 14.0. The van der Waals surface area contributed by atoms with Gasteiger partial charge in [0.15, 0.2) is 11.5 Å². The van der Waals surface area contributed by atoms with Crippen molar-refractivity contribution in [1.29, 1.82) is 0 Å². The van der Waals surface area contributed by atoms with Crippen molar-refractivity contribution >= 4 is 38.2 Å². The molecule has 3 aromatic carbocycles. The first-order valence-electron chi connectivity index (χ1n) is 12.5. The van der Waals surface area contributed by atoms with Gasteiger partial charge in [-0.05, 0) is 87.2 Å². The Hall–Kier alpha value is -4.31. The lowest BCUT2D eigenvalue weighted by Gasteiger charge is -2.22. The number of hydrogen-bond acceptors (Lipinski definition) is 8. The highest BCUT2D eigenvalue weighted by molar-refractivity contribution is 7.90. The molecule has 0 spiro atoms. The minimum absolute atomic E-state index is 0.00966. The Balaban J connectivity index is 1.74. The number of aryl methyl sites for hydroxylation is 1. The summed E-state index contributed by atoms with van der Waals surface area (Å²) in [6.07, 6.45) is 1.51.